The number of hydrogen-bond donors (Lipinski definition) is 0. The second-order valence-corrected chi connectivity index (χ2v) is 10.00. The number of aryl methyl sites for hydroxylation is 1. The zero-order chi connectivity index (χ0) is 22.2. The van der Waals surface area contributed by atoms with Crippen molar-refractivity contribution in [3.05, 3.63) is 99.8 Å². The topological polar surface area (TPSA) is 66.8 Å². The van der Waals surface area contributed by atoms with E-state index >= 15 is 0 Å². The Labute approximate surface area is 188 Å². The zero-order valence-electron chi connectivity index (χ0n) is 16.5. The first-order valence-corrected chi connectivity index (χ1v) is 11.8. The van der Waals surface area contributed by atoms with Crippen LogP contribution in [0.5, 0.6) is 0 Å². The highest BCUT2D eigenvalue weighted by Gasteiger charge is 2.39. The molecule has 1 aliphatic rings. The predicted octanol–water partition coefficient (Wildman–Crippen LogP) is 5.64. The summed E-state index contributed by atoms with van der Waals surface area (Å²) in [5.41, 5.74) is 2.84. The molecule has 0 saturated heterocycles. The fourth-order valence-corrected chi connectivity index (χ4v) is 4.76. The standard InChI is InChI=1S/C23H18BrFN2O3S/c1-15-2-12-20(13-3-15)31(29,30)23(28)27-22(17-6-10-19(25)11-7-17)14-21(26-27)16-4-8-18(24)9-5-16/h2-13,22H,14H2,1H3/t22-/m1/s1. The smallest absolute Gasteiger partial charge is 0.254 e. The second kappa shape index (κ2) is 8.36. The van der Waals surface area contributed by atoms with Crippen molar-refractivity contribution in [2.75, 3.05) is 0 Å². The fourth-order valence-electron chi connectivity index (χ4n) is 3.38. The van der Waals surface area contributed by atoms with Crippen molar-refractivity contribution in [2.24, 2.45) is 5.10 Å². The van der Waals surface area contributed by atoms with Crippen LogP contribution in [0.3, 0.4) is 0 Å². The maximum absolute atomic E-state index is 13.4. The van der Waals surface area contributed by atoms with Crippen molar-refractivity contribution < 1.29 is 17.6 Å². The molecule has 0 N–H and O–H groups in total. The monoisotopic (exact) mass is 500 g/mol. The van der Waals surface area contributed by atoms with Gasteiger partial charge >= 0.3 is 5.24 Å². The van der Waals surface area contributed by atoms with Gasteiger partial charge in [0.05, 0.1) is 16.6 Å². The van der Waals surface area contributed by atoms with Gasteiger partial charge in [-0.05, 0) is 54.4 Å². The van der Waals surface area contributed by atoms with Crippen molar-refractivity contribution in [2.45, 2.75) is 24.3 Å². The van der Waals surface area contributed by atoms with E-state index in [4.69, 9.17) is 0 Å². The van der Waals surface area contributed by atoms with Gasteiger partial charge in [0.2, 0.25) is 0 Å². The van der Waals surface area contributed by atoms with Gasteiger partial charge in [-0.1, -0.05) is 57.9 Å². The molecule has 158 valence electrons. The molecule has 31 heavy (non-hydrogen) atoms. The number of nitrogens with zero attached hydrogens (tertiary/aromatic N) is 2. The average Bonchev–Trinajstić information content (AvgIpc) is 3.19. The van der Waals surface area contributed by atoms with Crippen LogP contribution in [0.15, 0.2) is 87.3 Å². The number of hydrogen-bond acceptors (Lipinski definition) is 4. The van der Waals surface area contributed by atoms with Gasteiger partial charge in [0.25, 0.3) is 9.84 Å². The lowest BCUT2D eigenvalue weighted by atomic mass is 9.99. The number of benzene rings is 3. The Morgan fingerprint density at radius 3 is 2.23 bits per heavy atom. The largest absolute Gasteiger partial charge is 0.364 e. The van der Waals surface area contributed by atoms with Gasteiger partial charge in [0, 0.05) is 10.9 Å². The lowest BCUT2D eigenvalue weighted by molar-refractivity contribution is 0.209. The van der Waals surface area contributed by atoms with Crippen molar-refractivity contribution in [1.29, 1.82) is 0 Å². The Kier molecular flexibility index (Phi) is 5.77. The molecule has 0 aliphatic carbocycles. The van der Waals surface area contributed by atoms with Crippen LogP contribution in [0.25, 0.3) is 0 Å². The first-order chi connectivity index (χ1) is 14.8. The minimum atomic E-state index is -4.30. The zero-order valence-corrected chi connectivity index (χ0v) is 18.9. The summed E-state index contributed by atoms with van der Waals surface area (Å²) in [4.78, 5) is 13.1. The molecular formula is C23H18BrFN2O3S. The number of halogens is 2. The summed E-state index contributed by atoms with van der Waals surface area (Å²) in [7, 11) is -4.30. The molecule has 5 nitrogen and oxygen atoms in total. The summed E-state index contributed by atoms with van der Waals surface area (Å²) in [6.07, 6.45) is 0.308. The van der Waals surface area contributed by atoms with E-state index < -0.39 is 26.9 Å². The molecule has 3 aromatic rings. The van der Waals surface area contributed by atoms with Gasteiger partial charge in [-0.3, -0.25) is 4.79 Å². The first-order valence-electron chi connectivity index (χ1n) is 9.49. The molecule has 0 spiro atoms. The van der Waals surface area contributed by atoms with E-state index in [1.807, 2.05) is 31.2 Å². The van der Waals surface area contributed by atoms with Crippen molar-refractivity contribution in [1.82, 2.24) is 5.01 Å². The minimum Gasteiger partial charge on any atom is -0.254 e. The van der Waals surface area contributed by atoms with Crippen LogP contribution < -0.4 is 0 Å². The summed E-state index contributed by atoms with van der Waals surface area (Å²) in [6, 6.07) is 18.4. The molecule has 0 unspecified atom stereocenters. The molecule has 0 bridgehead atoms. The van der Waals surface area contributed by atoms with E-state index in [0.717, 1.165) is 20.6 Å². The molecule has 1 atom stereocenters. The van der Waals surface area contributed by atoms with Crippen molar-refractivity contribution >= 4 is 36.7 Å². The Morgan fingerprint density at radius 1 is 1.00 bits per heavy atom. The predicted molar refractivity (Wildman–Crippen MR) is 120 cm³/mol. The SMILES string of the molecule is Cc1ccc(S(=O)(=O)C(=O)N2N=C(c3ccc(Br)cc3)C[C@@H]2c2ccc(F)cc2)cc1. The Bertz CT molecular complexity index is 1260. The number of sulfone groups is 1. The molecule has 4 rings (SSSR count). The molecule has 1 heterocycles. The Balaban J connectivity index is 1.75. The highest BCUT2D eigenvalue weighted by Crippen LogP contribution is 2.35. The number of carbonyl (C=O) groups is 1. The molecule has 8 heteroatoms. The average molecular weight is 501 g/mol. The maximum Gasteiger partial charge on any atom is 0.364 e. The van der Waals surface area contributed by atoms with E-state index in [1.54, 1.807) is 24.3 Å². The van der Waals surface area contributed by atoms with Crippen LogP contribution in [-0.4, -0.2) is 24.4 Å². The van der Waals surface area contributed by atoms with E-state index in [9.17, 15) is 17.6 Å². The molecule has 0 fully saturated rings. The van der Waals surface area contributed by atoms with Crippen LogP contribution in [-0.2, 0) is 9.84 Å². The fraction of sp³-hybridized carbons (Fsp3) is 0.130. The Morgan fingerprint density at radius 2 is 1.61 bits per heavy atom. The first kappa shape index (κ1) is 21.4. The van der Waals surface area contributed by atoms with E-state index in [2.05, 4.69) is 21.0 Å². The van der Waals surface area contributed by atoms with Crippen LogP contribution in [0.1, 0.15) is 29.2 Å². The van der Waals surface area contributed by atoms with Gasteiger partial charge in [-0.15, -0.1) is 0 Å². The quantitative estimate of drug-likeness (QED) is 0.467. The molecule has 1 amide bonds. The lowest BCUT2D eigenvalue weighted by Crippen LogP contribution is -2.32. The van der Waals surface area contributed by atoms with Crippen LogP contribution >= 0.6 is 15.9 Å². The van der Waals surface area contributed by atoms with Crippen LogP contribution in [0.2, 0.25) is 0 Å². The lowest BCUT2D eigenvalue weighted by Gasteiger charge is -2.21. The summed E-state index contributed by atoms with van der Waals surface area (Å²) >= 11 is 3.38. The van der Waals surface area contributed by atoms with E-state index in [0.29, 0.717) is 17.7 Å². The second-order valence-electron chi connectivity index (χ2n) is 7.25. The van der Waals surface area contributed by atoms with Gasteiger partial charge in [0.1, 0.15) is 5.82 Å². The summed E-state index contributed by atoms with van der Waals surface area (Å²) in [6.45, 7) is 1.83. The molecule has 0 aromatic heterocycles. The van der Waals surface area contributed by atoms with Crippen LogP contribution in [0, 0.1) is 12.7 Å². The molecule has 0 radical (unpaired) electrons. The highest BCUT2D eigenvalue weighted by atomic mass is 79.9. The van der Waals surface area contributed by atoms with E-state index in [-0.39, 0.29) is 4.90 Å². The summed E-state index contributed by atoms with van der Waals surface area (Å²) < 4.78 is 40.4. The maximum atomic E-state index is 13.4. The molecule has 1 aliphatic heterocycles. The molecule has 0 saturated carbocycles. The minimum absolute atomic E-state index is 0.0896. The summed E-state index contributed by atoms with van der Waals surface area (Å²) in [5.74, 6) is -0.416. The van der Waals surface area contributed by atoms with Crippen molar-refractivity contribution in [3.63, 3.8) is 0 Å². The number of hydrazone groups is 1. The van der Waals surface area contributed by atoms with Gasteiger partial charge in [-0.2, -0.15) is 5.10 Å². The van der Waals surface area contributed by atoms with Crippen molar-refractivity contribution in [3.8, 4) is 0 Å². The number of amides is 1. The van der Waals surface area contributed by atoms with Gasteiger partial charge in [-0.25, -0.2) is 17.8 Å². The Hall–Kier alpha value is -2.84. The third kappa shape index (κ3) is 4.31. The third-order valence-corrected chi connectivity index (χ3v) is 7.16. The number of carbonyl (C=O) groups excluding carboxylic acids is 1. The summed E-state index contributed by atoms with van der Waals surface area (Å²) in [5, 5.41) is 4.28. The molecule has 3 aromatic carbocycles. The van der Waals surface area contributed by atoms with Crippen LogP contribution in [0.4, 0.5) is 9.18 Å². The van der Waals surface area contributed by atoms with Gasteiger partial charge in [0.15, 0.2) is 0 Å². The molecular weight excluding hydrogens is 483 g/mol. The van der Waals surface area contributed by atoms with E-state index in [1.165, 1.54) is 24.3 Å². The van der Waals surface area contributed by atoms with Gasteiger partial charge < -0.3 is 0 Å². The highest BCUT2D eigenvalue weighted by molar-refractivity contribution is 9.10. The normalized spacial score (nSPS) is 16.3. The number of rotatable bonds is 3. The third-order valence-electron chi connectivity index (χ3n) is 5.09.